The molecule has 0 heterocycles. The molecule has 0 spiro atoms. The number of hydrogen-bond acceptors (Lipinski definition) is 3. The van der Waals surface area contributed by atoms with E-state index in [1.54, 1.807) is 6.92 Å². The molecule has 66 valence electrons. The summed E-state index contributed by atoms with van der Waals surface area (Å²) < 4.78 is 0.456. The van der Waals surface area contributed by atoms with Crippen molar-refractivity contribution < 1.29 is 10.2 Å². The smallest absolute Gasteiger partial charge is 0.130 e. The molecular weight excluding hydrogens is 222 g/mol. The normalized spacial score (nSPS) is 12.9. The number of nitrogens with two attached hydrogens (primary N) is 1. The highest BCUT2D eigenvalue weighted by atomic mass is 79.9. The zero-order valence-corrected chi connectivity index (χ0v) is 8.17. The first-order valence-electron chi connectivity index (χ1n) is 3.50. The predicted octanol–water partition coefficient (Wildman–Crippen LogP) is 1.88. The summed E-state index contributed by atoms with van der Waals surface area (Å²) in [6.07, 6.45) is 0. The third kappa shape index (κ3) is 1.54. The van der Waals surface area contributed by atoms with E-state index in [0.717, 1.165) is 0 Å². The zero-order chi connectivity index (χ0) is 9.30. The Labute approximate surface area is 79.0 Å². The molecule has 1 atom stereocenters. The maximum atomic E-state index is 9.37. The number of rotatable bonds is 1. The van der Waals surface area contributed by atoms with Crippen LogP contribution in [0.5, 0.6) is 11.5 Å². The second-order valence-corrected chi connectivity index (χ2v) is 3.41. The second kappa shape index (κ2) is 3.33. The van der Waals surface area contributed by atoms with Gasteiger partial charge in [0.25, 0.3) is 0 Å². The monoisotopic (exact) mass is 231 g/mol. The van der Waals surface area contributed by atoms with E-state index in [4.69, 9.17) is 5.73 Å². The molecule has 0 bridgehead atoms. The molecule has 0 amide bonds. The number of halogens is 1. The van der Waals surface area contributed by atoms with Crippen molar-refractivity contribution >= 4 is 15.9 Å². The molecule has 0 aliphatic carbocycles. The first kappa shape index (κ1) is 9.35. The van der Waals surface area contributed by atoms with E-state index < -0.39 is 0 Å². The summed E-state index contributed by atoms with van der Waals surface area (Å²) in [5.74, 6) is 0.176. The summed E-state index contributed by atoms with van der Waals surface area (Å²) >= 11 is 3.14. The minimum Gasteiger partial charge on any atom is -0.508 e. The molecule has 0 aliphatic heterocycles. The summed E-state index contributed by atoms with van der Waals surface area (Å²) in [4.78, 5) is 0. The van der Waals surface area contributed by atoms with Crippen molar-refractivity contribution in [3.05, 3.63) is 22.2 Å². The van der Waals surface area contributed by atoms with Crippen LogP contribution in [0.2, 0.25) is 0 Å². The van der Waals surface area contributed by atoms with E-state index in [-0.39, 0.29) is 17.5 Å². The summed E-state index contributed by atoms with van der Waals surface area (Å²) in [6.45, 7) is 1.74. The fourth-order valence-electron chi connectivity index (χ4n) is 1.00. The number of phenolic OH excluding ortho intramolecular Hbond substituents is 2. The molecule has 1 rings (SSSR count). The maximum absolute atomic E-state index is 9.37. The molecule has 1 aromatic rings. The summed E-state index contributed by atoms with van der Waals surface area (Å²) in [5.41, 5.74) is 6.11. The molecule has 3 nitrogen and oxygen atoms in total. The first-order chi connectivity index (χ1) is 5.54. The summed E-state index contributed by atoms with van der Waals surface area (Å²) in [6, 6.07) is 2.51. The van der Waals surface area contributed by atoms with Crippen LogP contribution in [0, 0.1) is 0 Å². The first-order valence-corrected chi connectivity index (χ1v) is 4.29. The summed E-state index contributed by atoms with van der Waals surface area (Å²) in [7, 11) is 0. The molecule has 0 unspecified atom stereocenters. The Morgan fingerprint density at radius 3 is 2.25 bits per heavy atom. The molecule has 12 heavy (non-hydrogen) atoms. The van der Waals surface area contributed by atoms with Crippen LogP contribution in [-0.4, -0.2) is 10.2 Å². The molecule has 0 saturated heterocycles. The van der Waals surface area contributed by atoms with E-state index in [2.05, 4.69) is 15.9 Å². The van der Waals surface area contributed by atoms with E-state index in [1.165, 1.54) is 12.1 Å². The molecule has 0 aliphatic rings. The highest BCUT2D eigenvalue weighted by Crippen LogP contribution is 2.36. The van der Waals surface area contributed by atoms with Crippen LogP contribution in [0.4, 0.5) is 0 Å². The highest BCUT2D eigenvalue weighted by molar-refractivity contribution is 9.10. The topological polar surface area (TPSA) is 66.5 Å². The van der Waals surface area contributed by atoms with Crippen LogP contribution in [0.15, 0.2) is 16.6 Å². The van der Waals surface area contributed by atoms with Crippen molar-refractivity contribution in [2.24, 2.45) is 5.73 Å². The molecule has 1 aromatic carbocycles. The Morgan fingerprint density at radius 1 is 1.33 bits per heavy atom. The Kier molecular flexibility index (Phi) is 2.59. The molecule has 4 heteroatoms. The van der Waals surface area contributed by atoms with Gasteiger partial charge in [-0.1, -0.05) is 0 Å². The highest BCUT2D eigenvalue weighted by Gasteiger charge is 2.13. The van der Waals surface area contributed by atoms with Gasteiger partial charge in [-0.2, -0.15) is 0 Å². The van der Waals surface area contributed by atoms with Crippen molar-refractivity contribution in [2.75, 3.05) is 0 Å². The molecule has 4 N–H and O–H groups in total. The number of phenols is 2. The van der Waals surface area contributed by atoms with Gasteiger partial charge in [0.15, 0.2) is 0 Å². The van der Waals surface area contributed by atoms with Gasteiger partial charge < -0.3 is 15.9 Å². The van der Waals surface area contributed by atoms with Gasteiger partial charge in [0.05, 0.1) is 4.47 Å². The summed E-state index contributed by atoms with van der Waals surface area (Å²) in [5, 5.41) is 18.6. The van der Waals surface area contributed by atoms with Gasteiger partial charge in [-0.25, -0.2) is 0 Å². The average molecular weight is 232 g/mol. The Hall–Kier alpha value is -0.740. The van der Waals surface area contributed by atoms with Crippen LogP contribution in [0.3, 0.4) is 0 Å². The van der Waals surface area contributed by atoms with Crippen molar-refractivity contribution in [2.45, 2.75) is 13.0 Å². The number of benzene rings is 1. The van der Waals surface area contributed by atoms with Crippen molar-refractivity contribution in [3.8, 4) is 11.5 Å². The lowest BCUT2D eigenvalue weighted by molar-refractivity contribution is 0.447. The lowest BCUT2D eigenvalue weighted by Crippen LogP contribution is -2.06. The van der Waals surface area contributed by atoms with Gasteiger partial charge in [-0.15, -0.1) is 0 Å². The molecule has 0 radical (unpaired) electrons. The molecular formula is C8H10BrNO2. The fourth-order valence-corrected chi connectivity index (χ4v) is 1.70. The predicted molar refractivity (Wildman–Crippen MR) is 50.1 cm³/mol. The number of hydrogen-bond donors (Lipinski definition) is 3. The lowest BCUT2D eigenvalue weighted by Gasteiger charge is -2.11. The SMILES string of the molecule is C[C@@H](N)c1c(O)ccc(O)c1Br. The van der Waals surface area contributed by atoms with Gasteiger partial charge in [0.1, 0.15) is 11.5 Å². The van der Waals surface area contributed by atoms with Crippen LogP contribution in [-0.2, 0) is 0 Å². The maximum Gasteiger partial charge on any atom is 0.130 e. The van der Waals surface area contributed by atoms with Crippen LogP contribution >= 0.6 is 15.9 Å². The van der Waals surface area contributed by atoms with Crippen molar-refractivity contribution in [1.29, 1.82) is 0 Å². The lowest BCUT2D eigenvalue weighted by atomic mass is 10.1. The van der Waals surface area contributed by atoms with Gasteiger partial charge >= 0.3 is 0 Å². The van der Waals surface area contributed by atoms with Gasteiger partial charge in [0.2, 0.25) is 0 Å². The van der Waals surface area contributed by atoms with E-state index in [9.17, 15) is 10.2 Å². The Balaban J connectivity index is 3.33. The Morgan fingerprint density at radius 2 is 1.83 bits per heavy atom. The third-order valence-corrected chi connectivity index (χ3v) is 2.43. The van der Waals surface area contributed by atoms with Crippen molar-refractivity contribution in [1.82, 2.24) is 0 Å². The largest absolute Gasteiger partial charge is 0.508 e. The molecule has 0 aromatic heterocycles. The minimum atomic E-state index is -0.313. The van der Waals surface area contributed by atoms with E-state index >= 15 is 0 Å². The fraction of sp³-hybridized carbons (Fsp3) is 0.250. The van der Waals surface area contributed by atoms with Gasteiger partial charge in [-0.05, 0) is 35.0 Å². The quantitative estimate of drug-likeness (QED) is 0.647. The van der Waals surface area contributed by atoms with Crippen LogP contribution < -0.4 is 5.73 Å². The van der Waals surface area contributed by atoms with Gasteiger partial charge in [0, 0.05) is 11.6 Å². The standard InChI is InChI=1S/C8H10BrNO2/c1-4(10)7-5(11)2-3-6(12)8(7)9/h2-4,11-12H,10H2,1H3/t4-/m1/s1. The second-order valence-electron chi connectivity index (χ2n) is 2.62. The van der Waals surface area contributed by atoms with Crippen molar-refractivity contribution in [3.63, 3.8) is 0 Å². The Bertz CT molecular complexity index is 299. The van der Waals surface area contributed by atoms with Crippen LogP contribution in [0.1, 0.15) is 18.5 Å². The van der Waals surface area contributed by atoms with Crippen LogP contribution in [0.25, 0.3) is 0 Å². The molecule has 0 fully saturated rings. The van der Waals surface area contributed by atoms with E-state index in [0.29, 0.717) is 10.0 Å². The van der Waals surface area contributed by atoms with E-state index in [1.807, 2.05) is 0 Å². The average Bonchev–Trinajstić information content (AvgIpc) is 1.97. The number of aromatic hydroxyl groups is 2. The molecule has 0 saturated carbocycles. The third-order valence-electron chi connectivity index (χ3n) is 1.59. The zero-order valence-electron chi connectivity index (χ0n) is 6.58. The minimum absolute atomic E-state index is 0.0834. The van der Waals surface area contributed by atoms with Gasteiger partial charge in [-0.3, -0.25) is 0 Å².